The molecule has 0 saturated heterocycles. The van der Waals surface area contributed by atoms with E-state index in [9.17, 15) is 0 Å². The Morgan fingerprint density at radius 3 is 2.75 bits per heavy atom. The topological polar surface area (TPSA) is 30.9 Å². The van der Waals surface area contributed by atoms with Gasteiger partial charge in [-0.2, -0.15) is 0 Å². The summed E-state index contributed by atoms with van der Waals surface area (Å²) in [6.07, 6.45) is 2.14. The molecule has 0 aliphatic heterocycles. The molecule has 16 heavy (non-hydrogen) atoms. The maximum atomic E-state index is 6.04. The molecule has 0 spiro atoms. The summed E-state index contributed by atoms with van der Waals surface area (Å²) in [7, 11) is 0. The minimum absolute atomic E-state index is 0.573. The number of benzene rings is 1. The van der Waals surface area contributed by atoms with E-state index in [2.05, 4.69) is 30.7 Å². The Bertz CT molecular complexity index is 500. The summed E-state index contributed by atoms with van der Waals surface area (Å²) >= 11 is 6.04. The van der Waals surface area contributed by atoms with Crippen LogP contribution < -0.4 is 5.73 Å². The van der Waals surface area contributed by atoms with Gasteiger partial charge in [0.1, 0.15) is 0 Å². The minimum Gasteiger partial charge on any atom is -0.347 e. The Balaban J connectivity index is 2.59. The van der Waals surface area contributed by atoms with Crippen LogP contribution in [0, 0.1) is 5.92 Å². The first-order valence-corrected chi connectivity index (χ1v) is 5.97. The van der Waals surface area contributed by atoms with Crippen molar-refractivity contribution in [1.29, 1.82) is 0 Å². The highest BCUT2D eigenvalue weighted by molar-refractivity contribution is 6.31. The zero-order chi connectivity index (χ0) is 11.7. The second-order valence-electron chi connectivity index (χ2n) is 4.57. The molecule has 1 aromatic heterocycles. The van der Waals surface area contributed by atoms with Gasteiger partial charge >= 0.3 is 0 Å². The zero-order valence-corrected chi connectivity index (χ0v) is 10.5. The fourth-order valence-corrected chi connectivity index (χ4v) is 2.21. The summed E-state index contributed by atoms with van der Waals surface area (Å²) in [4.78, 5) is 0. The molecular formula is C13H17ClN2. The van der Waals surface area contributed by atoms with Crippen LogP contribution in [0.15, 0.2) is 24.4 Å². The van der Waals surface area contributed by atoms with Gasteiger partial charge in [-0.05, 0) is 23.6 Å². The molecule has 0 atom stereocenters. The Kier molecular flexibility index (Phi) is 3.22. The van der Waals surface area contributed by atoms with Crippen molar-refractivity contribution in [2.45, 2.75) is 26.9 Å². The lowest BCUT2D eigenvalue weighted by Crippen LogP contribution is -2.02. The molecule has 3 heteroatoms. The predicted octanol–water partition coefficient (Wildman–Crippen LogP) is 3.41. The SMILES string of the molecule is CC(C)Cn1cc(CN)c2ccc(Cl)cc21. The number of fused-ring (bicyclic) bond motifs is 1. The first-order valence-electron chi connectivity index (χ1n) is 5.59. The standard InChI is InChI=1S/C13H17ClN2/c1-9(2)7-16-8-10(6-15)12-4-3-11(14)5-13(12)16/h3-5,8-9H,6-7,15H2,1-2H3. The molecule has 2 N–H and O–H groups in total. The molecular weight excluding hydrogens is 220 g/mol. The molecule has 1 aromatic carbocycles. The molecule has 0 radical (unpaired) electrons. The Morgan fingerprint density at radius 2 is 2.12 bits per heavy atom. The second kappa shape index (κ2) is 4.48. The first kappa shape index (κ1) is 11.5. The van der Waals surface area contributed by atoms with Crippen LogP contribution in [0.5, 0.6) is 0 Å². The molecule has 0 aliphatic rings. The van der Waals surface area contributed by atoms with E-state index in [-0.39, 0.29) is 0 Å². The van der Waals surface area contributed by atoms with E-state index in [0.29, 0.717) is 12.5 Å². The van der Waals surface area contributed by atoms with Crippen LogP contribution >= 0.6 is 11.6 Å². The molecule has 0 amide bonds. The summed E-state index contributed by atoms with van der Waals surface area (Å²) in [6, 6.07) is 5.98. The van der Waals surface area contributed by atoms with Crippen molar-refractivity contribution in [2.75, 3.05) is 0 Å². The van der Waals surface area contributed by atoms with Crippen LogP contribution in [0.25, 0.3) is 10.9 Å². The molecule has 2 nitrogen and oxygen atoms in total. The van der Waals surface area contributed by atoms with Crippen molar-refractivity contribution >= 4 is 22.5 Å². The number of hydrogen-bond acceptors (Lipinski definition) is 1. The van der Waals surface area contributed by atoms with Gasteiger partial charge in [0.15, 0.2) is 0 Å². The van der Waals surface area contributed by atoms with Crippen molar-refractivity contribution in [3.63, 3.8) is 0 Å². The molecule has 2 rings (SSSR count). The lowest BCUT2D eigenvalue weighted by molar-refractivity contribution is 0.534. The van der Waals surface area contributed by atoms with Crippen molar-refractivity contribution in [3.8, 4) is 0 Å². The summed E-state index contributed by atoms with van der Waals surface area (Å²) < 4.78 is 2.24. The summed E-state index contributed by atoms with van der Waals surface area (Å²) in [5, 5.41) is 1.99. The molecule has 0 aliphatic carbocycles. The smallest absolute Gasteiger partial charge is 0.0498 e. The van der Waals surface area contributed by atoms with Crippen LogP contribution in [0.2, 0.25) is 5.02 Å². The Hall–Kier alpha value is -0.990. The normalized spacial score (nSPS) is 11.6. The average Bonchev–Trinajstić information content (AvgIpc) is 2.55. The number of hydrogen-bond donors (Lipinski definition) is 1. The average molecular weight is 237 g/mol. The van der Waals surface area contributed by atoms with Gasteiger partial charge in [-0.15, -0.1) is 0 Å². The van der Waals surface area contributed by atoms with Gasteiger partial charge in [-0.3, -0.25) is 0 Å². The fraction of sp³-hybridized carbons (Fsp3) is 0.385. The highest BCUT2D eigenvalue weighted by Crippen LogP contribution is 2.25. The van der Waals surface area contributed by atoms with E-state index in [1.54, 1.807) is 0 Å². The number of halogens is 1. The Morgan fingerprint density at radius 1 is 1.38 bits per heavy atom. The number of aromatic nitrogens is 1. The van der Waals surface area contributed by atoms with Crippen molar-refractivity contribution in [1.82, 2.24) is 4.57 Å². The first-order chi connectivity index (χ1) is 7.61. The van der Waals surface area contributed by atoms with E-state index < -0.39 is 0 Å². The van der Waals surface area contributed by atoms with Crippen LogP contribution in [-0.2, 0) is 13.1 Å². The van der Waals surface area contributed by atoms with Gasteiger partial charge in [0.2, 0.25) is 0 Å². The second-order valence-corrected chi connectivity index (χ2v) is 5.00. The van der Waals surface area contributed by atoms with E-state index in [0.717, 1.165) is 11.6 Å². The third kappa shape index (κ3) is 2.08. The summed E-state index contributed by atoms with van der Waals surface area (Å²) in [5.41, 5.74) is 8.12. The van der Waals surface area contributed by atoms with E-state index >= 15 is 0 Å². The molecule has 0 bridgehead atoms. The number of rotatable bonds is 3. The molecule has 2 aromatic rings. The van der Waals surface area contributed by atoms with Gasteiger partial charge in [0, 0.05) is 35.2 Å². The fourth-order valence-electron chi connectivity index (χ4n) is 2.05. The predicted molar refractivity (Wildman–Crippen MR) is 69.7 cm³/mol. The van der Waals surface area contributed by atoms with Crippen LogP contribution in [0.1, 0.15) is 19.4 Å². The van der Waals surface area contributed by atoms with Crippen LogP contribution in [0.3, 0.4) is 0 Å². The van der Waals surface area contributed by atoms with Crippen LogP contribution in [0.4, 0.5) is 0 Å². The summed E-state index contributed by atoms with van der Waals surface area (Å²) in [6.45, 7) is 5.98. The molecule has 0 saturated carbocycles. The van der Waals surface area contributed by atoms with Crippen molar-refractivity contribution in [2.24, 2.45) is 11.7 Å². The van der Waals surface area contributed by atoms with Gasteiger partial charge in [0.05, 0.1) is 0 Å². The van der Waals surface area contributed by atoms with Gasteiger partial charge in [0.25, 0.3) is 0 Å². The minimum atomic E-state index is 0.573. The van der Waals surface area contributed by atoms with E-state index in [1.165, 1.54) is 16.5 Å². The zero-order valence-electron chi connectivity index (χ0n) is 9.70. The van der Waals surface area contributed by atoms with E-state index in [1.807, 2.05) is 12.1 Å². The highest BCUT2D eigenvalue weighted by atomic mass is 35.5. The number of nitrogens with zero attached hydrogens (tertiary/aromatic N) is 1. The van der Waals surface area contributed by atoms with Crippen molar-refractivity contribution < 1.29 is 0 Å². The maximum Gasteiger partial charge on any atom is 0.0498 e. The molecule has 86 valence electrons. The lowest BCUT2D eigenvalue weighted by atomic mass is 10.2. The highest BCUT2D eigenvalue weighted by Gasteiger charge is 2.08. The third-order valence-corrected chi connectivity index (χ3v) is 2.94. The summed E-state index contributed by atoms with van der Waals surface area (Å²) in [5.74, 6) is 0.611. The maximum absolute atomic E-state index is 6.04. The van der Waals surface area contributed by atoms with Gasteiger partial charge < -0.3 is 10.3 Å². The number of nitrogens with two attached hydrogens (primary N) is 1. The molecule has 1 heterocycles. The van der Waals surface area contributed by atoms with Crippen LogP contribution in [-0.4, -0.2) is 4.57 Å². The lowest BCUT2D eigenvalue weighted by Gasteiger charge is -2.08. The molecule has 0 fully saturated rings. The van der Waals surface area contributed by atoms with Gasteiger partial charge in [-0.25, -0.2) is 0 Å². The largest absolute Gasteiger partial charge is 0.347 e. The monoisotopic (exact) mass is 236 g/mol. The van der Waals surface area contributed by atoms with Crippen molar-refractivity contribution in [3.05, 3.63) is 35.0 Å². The quantitative estimate of drug-likeness (QED) is 0.870. The third-order valence-electron chi connectivity index (χ3n) is 2.71. The Labute approximate surface area is 101 Å². The van der Waals surface area contributed by atoms with Gasteiger partial charge in [-0.1, -0.05) is 31.5 Å². The van der Waals surface area contributed by atoms with E-state index in [4.69, 9.17) is 17.3 Å². The molecule has 0 unspecified atom stereocenters.